The molecule has 1 aliphatic heterocycles. The van der Waals surface area contributed by atoms with Crippen LogP contribution in [0.3, 0.4) is 0 Å². The number of aromatic nitrogens is 1. The van der Waals surface area contributed by atoms with E-state index in [-0.39, 0.29) is 19.0 Å². The summed E-state index contributed by atoms with van der Waals surface area (Å²) in [6, 6.07) is 3.23. The number of likely N-dealkylation sites (tertiary alicyclic amines) is 1. The van der Waals surface area contributed by atoms with Gasteiger partial charge in [-0.2, -0.15) is 0 Å². The topological polar surface area (TPSA) is 70.5 Å². The molecular formula is C10H9BrN2O3. The van der Waals surface area contributed by atoms with Gasteiger partial charge in [0.1, 0.15) is 4.60 Å². The first-order valence-corrected chi connectivity index (χ1v) is 5.51. The van der Waals surface area contributed by atoms with Crippen LogP contribution in [0.4, 0.5) is 0 Å². The molecule has 1 saturated heterocycles. The Hall–Kier alpha value is -1.43. The molecule has 1 aliphatic rings. The molecule has 0 aliphatic carbocycles. The van der Waals surface area contributed by atoms with Crippen LogP contribution < -0.4 is 0 Å². The molecule has 0 aromatic carbocycles. The van der Waals surface area contributed by atoms with E-state index in [0.29, 0.717) is 10.2 Å². The standard InChI is InChI=1S/C10H9BrN2O3/c11-8-3-6(1-2-12-8)9(14)13-4-7(5-13)10(15)16/h1-3,7H,4-5H2,(H,15,16). The summed E-state index contributed by atoms with van der Waals surface area (Å²) in [6.07, 6.45) is 1.53. The predicted molar refractivity (Wildman–Crippen MR) is 59.0 cm³/mol. The van der Waals surface area contributed by atoms with Gasteiger partial charge in [0, 0.05) is 24.8 Å². The Labute approximate surface area is 100 Å². The summed E-state index contributed by atoms with van der Waals surface area (Å²) in [6.45, 7) is 0.572. The maximum Gasteiger partial charge on any atom is 0.310 e. The van der Waals surface area contributed by atoms with E-state index in [1.165, 1.54) is 11.1 Å². The van der Waals surface area contributed by atoms with Crippen LogP contribution in [-0.2, 0) is 4.79 Å². The third-order valence-corrected chi connectivity index (χ3v) is 2.93. The van der Waals surface area contributed by atoms with Crippen molar-refractivity contribution >= 4 is 27.8 Å². The second kappa shape index (κ2) is 4.21. The van der Waals surface area contributed by atoms with Crippen molar-refractivity contribution in [3.05, 3.63) is 28.5 Å². The molecule has 1 amide bonds. The van der Waals surface area contributed by atoms with Crippen molar-refractivity contribution in [3.8, 4) is 0 Å². The van der Waals surface area contributed by atoms with E-state index >= 15 is 0 Å². The van der Waals surface area contributed by atoms with E-state index in [0.717, 1.165) is 0 Å². The molecule has 1 N–H and O–H groups in total. The highest BCUT2D eigenvalue weighted by Crippen LogP contribution is 2.19. The summed E-state index contributed by atoms with van der Waals surface area (Å²) >= 11 is 3.18. The van der Waals surface area contributed by atoms with Crippen molar-refractivity contribution in [1.29, 1.82) is 0 Å². The Morgan fingerprint density at radius 1 is 1.50 bits per heavy atom. The van der Waals surface area contributed by atoms with Gasteiger partial charge in [0.2, 0.25) is 0 Å². The number of carboxylic acids is 1. The van der Waals surface area contributed by atoms with Crippen molar-refractivity contribution in [2.45, 2.75) is 0 Å². The number of aliphatic carboxylic acids is 1. The lowest BCUT2D eigenvalue weighted by Crippen LogP contribution is -2.53. The highest BCUT2D eigenvalue weighted by molar-refractivity contribution is 9.10. The molecule has 2 rings (SSSR count). The molecule has 1 fully saturated rings. The van der Waals surface area contributed by atoms with Gasteiger partial charge in [-0.3, -0.25) is 9.59 Å². The zero-order valence-corrected chi connectivity index (χ0v) is 9.85. The van der Waals surface area contributed by atoms with Gasteiger partial charge in [0.25, 0.3) is 5.91 Å². The Morgan fingerprint density at radius 3 is 2.75 bits per heavy atom. The van der Waals surface area contributed by atoms with Gasteiger partial charge in [0.05, 0.1) is 5.92 Å². The number of carboxylic acid groups (broad SMARTS) is 1. The van der Waals surface area contributed by atoms with Crippen molar-refractivity contribution in [2.75, 3.05) is 13.1 Å². The lowest BCUT2D eigenvalue weighted by atomic mass is 9.99. The lowest BCUT2D eigenvalue weighted by molar-refractivity contribution is -0.146. The van der Waals surface area contributed by atoms with Crippen LogP contribution in [0.25, 0.3) is 0 Å². The molecule has 0 unspecified atom stereocenters. The highest BCUT2D eigenvalue weighted by atomic mass is 79.9. The third kappa shape index (κ3) is 2.06. The first-order chi connectivity index (χ1) is 7.58. The minimum absolute atomic E-state index is 0.152. The molecule has 0 atom stereocenters. The smallest absolute Gasteiger partial charge is 0.310 e. The van der Waals surface area contributed by atoms with Gasteiger partial charge >= 0.3 is 5.97 Å². The average Bonchev–Trinajstić information content (AvgIpc) is 2.14. The SMILES string of the molecule is O=C(O)C1CN(C(=O)c2ccnc(Br)c2)C1. The molecule has 16 heavy (non-hydrogen) atoms. The predicted octanol–water partition coefficient (Wildman–Crippen LogP) is 1.00. The van der Waals surface area contributed by atoms with E-state index in [1.54, 1.807) is 12.1 Å². The first-order valence-electron chi connectivity index (χ1n) is 4.71. The summed E-state index contributed by atoms with van der Waals surface area (Å²) in [5.74, 6) is -1.42. The number of amides is 1. The van der Waals surface area contributed by atoms with Crippen LogP contribution in [0.15, 0.2) is 22.9 Å². The molecule has 1 aromatic heterocycles. The molecule has 0 spiro atoms. The zero-order valence-electron chi connectivity index (χ0n) is 8.26. The van der Waals surface area contributed by atoms with Crippen molar-refractivity contribution in [1.82, 2.24) is 9.88 Å². The summed E-state index contributed by atoms with van der Waals surface area (Å²) in [4.78, 5) is 27.9. The fraction of sp³-hybridized carbons (Fsp3) is 0.300. The highest BCUT2D eigenvalue weighted by Gasteiger charge is 2.35. The molecule has 84 valence electrons. The zero-order chi connectivity index (χ0) is 11.7. The fourth-order valence-corrected chi connectivity index (χ4v) is 1.88. The van der Waals surface area contributed by atoms with Crippen LogP contribution in [0, 0.1) is 5.92 Å². The second-order valence-electron chi connectivity index (χ2n) is 3.61. The molecular weight excluding hydrogens is 276 g/mol. The lowest BCUT2D eigenvalue weighted by Gasteiger charge is -2.36. The number of hydrogen-bond donors (Lipinski definition) is 1. The van der Waals surface area contributed by atoms with E-state index in [4.69, 9.17) is 5.11 Å². The van der Waals surface area contributed by atoms with Gasteiger partial charge in [-0.1, -0.05) is 0 Å². The molecule has 2 heterocycles. The average molecular weight is 285 g/mol. The minimum atomic E-state index is -0.847. The third-order valence-electron chi connectivity index (χ3n) is 2.49. The summed E-state index contributed by atoms with van der Waals surface area (Å²) in [7, 11) is 0. The molecule has 0 bridgehead atoms. The van der Waals surface area contributed by atoms with Crippen molar-refractivity contribution < 1.29 is 14.7 Å². The Kier molecular flexibility index (Phi) is 2.91. The van der Waals surface area contributed by atoms with Gasteiger partial charge < -0.3 is 10.0 Å². The van der Waals surface area contributed by atoms with Crippen LogP contribution in [0.2, 0.25) is 0 Å². The van der Waals surface area contributed by atoms with Gasteiger partial charge in [0.15, 0.2) is 0 Å². The molecule has 5 nitrogen and oxygen atoms in total. The summed E-state index contributed by atoms with van der Waals surface area (Å²) in [5, 5.41) is 8.69. The molecule has 0 saturated carbocycles. The first kappa shape index (κ1) is 11.1. The number of hydrogen-bond acceptors (Lipinski definition) is 3. The van der Waals surface area contributed by atoms with Crippen LogP contribution >= 0.6 is 15.9 Å². The minimum Gasteiger partial charge on any atom is -0.481 e. The summed E-state index contributed by atoms with van der Waals surface area (Å²) in [5.41, 5.74) is 0.519. The molecule has 1 aromatic rings. The van der Waals surface area contributed by atoms with E-state index in [2.05, 4.69) is 20.9 Å². The number of rotatable bonds is 2. The normalized spacial score (nSPS) is 15.7. The number of carbonyl (C=O) groups excluding carboxylic acids is 1. The maximum absolute atomic E-state index is 11.8. The van der Waals surface area contributed by atoms with Crippen LogP contribution in [0.1, 0.15) is 10.4 Å². The number of halogens is 1. The van der Waals surface area contributed by atoms with Crippen molar-refractivity contribution in [3.63, 3.8) is 0 Å². The fourth-order valence-electron chi connectivity index (χ4n) is 1.52. The quantitative estimate of drug-likeness (QED) is 0.823. The number of carbonyl (C=O) groups is 2. The number of pyridine rings is 1. The molecule has 6 heteroatoms. The van der Waals surface area contributed by atoms with Gasteiger partial charge in [-0.05, 0) is 28.1 Å². The monoisotopic (exact) mass is 284 g/mol. The maximum atomic E-state index is 11.8. The van der Waals surface area contributed by atoms with Crippen LogP contribution in [0.5, 0.6) is 0 Å². The Bertz CT molecular complexity index is 443. The Morgan fingerprint density at radius 2 is 2.19 bits per heavy atom. The largest absolute Gasteiger partial charge is 0.481 e. The van der Waals surface area contributed by atoms with Gasteiger partial charge in [-0.15, -0.1) is 0 Å². The van der Waals surface area contributed by atoms with Crippen molar-refractivity contribution in [2.24, 2.45) is 5.92 Å². The number of nitrogens with zero attached hydrogens (tertiary/aromatic N) is 2. The van der Waals surface area contributed by atoms with E-state index in [1.807, 2.05) is 0 Å². The second-order valence-corrected chi connectivity index (χ2v) is 4.43. The van der Waals surface area contributed by atoms with E-state index < -0.39 is 11.9 Å². The van der Waals surface area contributed by atoms with E-state index in [9.17, 15) is 9.59 Å². The molecule has 0 radical (unpaired) electrons. The Balaban J connectivity index is 2.03. The van der Waals surface area contributed by atoms with Crippen LogP contribution in [-0.4, -0.2) is 40.0 Å². The van der Waals surface area contributed by atoms with Gasteiger partial charge in [-0.25, -0.2) is 4.98 Å². The summed E-state index contributed by atoms with van der Waals surface area (Å²) < 4.78 is 0.591.